The highest BCUT2D eigenvalue weighted by Crippen LogP contribution is 2.18. The van der Waals surface area contributed by atoms with Crippen molar-refractivity contribution in [2.24, 2.45) is 0 Å². The highest BCUT2D eigenvalue weighted by atomic mass is 16.7. The summed E-state index contributed by atoms with van der Waals surface area (Å²) in [4.78, 5) is 37.4. The standard InChI is InChI=1S/C68H123NO8/c1-6-8-10-12-14-16-18-20-22-23-24-25-26-27-28-29-30-31-32-33-34-35-36-37-38-39-40-41-42-43-45-46-48-50-52-54-56-58-65(70)75-62-64(63-76-68(67(72)73)74-61-60-69(3,4)5)77-66(71)59-57-55-53-51-49-47-44-21-19-17-15-13-11-9-7-2/h9,11,15,17,21,23-24,44,49,51,64,68H,6-8,10,12-14,16,18-20,22,25-43,45-48,50,52-63H2,1-5H3/p+1/b11-9-,17-15-,24-23-,44-21-,51-49-. The third-order valence-electron chi connectivity index (χ3n) is 14.3. The van der Waals surface area contributed by atoms with Gasteiger partial charge in [-0.05, 0) is 77.0 Å². The largest absolute Gasteiger partial charge is 0.477 e. The molecule has 9 nitrogen and oxygen atoms in total. The average Bonchev–Trinajstić information content (AvgIpc) is 3.40. The summed E-state index contributed by atoms with van der Waals surface area (Å²) in [5, 5.41) is 9.70. The van der Waals surface area contributed by atoms with E-state index < -0.39 is 24.3 Å². The number of ether oxygens (including phenoxy) is 4. The lowest BCUT2D eigenvalue weighted by atomic mass is 10.0. The average molecular weight is 1080 g/mol. The summed E-state index contributed by atoms with van der Waals surface area (Å²) >= 11 is 0. The summed E-state index contributed by atoms with van der Waals surface area (Å²) < 4.78 is 22.8. The molecule has 0 aromatic rings. The maximum absolute atomic E-state index is 12.8. The lowest BCUT2D eigenvalue weighted by Gasteiger charge is -2.25. The van der Waals surface area contributed by atoms with Crippen LogP contribution in [-0.4, -0.2) is 87.4 Å². The second-order valence-electron chi connectivity index (χ2n) is 23.0. The Kier molecular flexibility index (Phi) is 56.8. The van der Waals surface area contributed by atoms with Crippen LogP contribution in [0.3, 0.4) is 0 Å². The van der Waals surface area contributed by atoms with Gasteiger partial charge >= 0.3 is 17.9 Å². The van der Waals surface area contributed by atoms with Gasteiger partial charge in [0.1, 0.15) is 13.2 Å². The fraction of sp³-hybridized carbons (Fsp3) is 0.809. The number of unbranched alkanes of at least 4 members (excludes halogenated alkanes) is 35. The lowest BCUT2D eigenvalue weighted by Crippen LogP contribution is -2.40. The van der Waals surface area contributed by atoms with Crippen LogP contribution in [0.25, 0.3) is 0 Å². The fourth-order valence-electron chi connectivity index (χ4n) is 9.30. The molecule has 0 saturated carbocycles. The molecular formula is C68H124NO8+. The maximum Gasteiger partial charge on any atom is 0.361 e. The van der Waals surface area contributed by atoms with Crippen molar-refractivity contribution in [3.63, 3.8) is 0 Å². The number of carbonyl (C=O) groups excluding carboxylic acids is 2. The number of rotatable bonds is 60. The number of hydrogen-bond donors (Lipinski definition) is 1. The van der Waals surface area contributed by atoms with Crippen LogP contribution < -0.4 is 0 Å². The third-order valence-corrected chi connectivity index (χ3v) is 14.3. The van der Waals surface area contributed by atoms with Gasteiger partial charge in [0.15, 0.2) is 6.10 Å². The van der Waals surface area contributed by atoms with E-state index in [4.69, 9.17) is 18.9 Å². The highest BCUT2D eigenvalue weighted by molar-refractivity contribution is 5.71. The molecule has 0 aliphatic rings. The number of esters is 2. The first-order valence-electron chi connectivity index (χ1n) is 32.5. The van der Waals surface area contributed by atoms with E-state index in [0.29, 0.717) is 23.9 Å². The van der Waals surface area contributed by atoms with Crippen LogP contribution in [0.5, 0.6) is 0 Å². The zero-order valence-electron chi connectivity index (χ0n) is 51.1. The SMILES string of the molecule is CC/C=C\C/C=C\C/C=C\C/C=C\CCCCC(=O)OC(COC(=O)CCCCCCCCCCCCCCCCCCCCCCCCCCC/C=C\CCCCCCCCCC)COC(OCC[N+](C)(C)C)C(=O)O. The number of carboxylic acids is 1. The molecule has 0 fully saturated rings. The lowest BCUT2D eigenvalue weighted by molar-refractivity contribution is -0.870. The normalized spacial score (nSPS) is 13.1. The second kappa shape index (κ2) is 59.1. The van der Waals surface area contributed by atoms with Gasteiger partial charge in [0, 0.05) is 12.8 Å². The molecular weight excluding hydrogens is 959 g/mol. The molecule has 0 bridgehead atoms. The second-order valence-corrected chi connectivity index (χ2v) is 23.0. The van der Waals surface area contributed by atoms with Crippen LogP contribution in [-0.2, 0) is 33.3 Å². The molecule has 0 saturated heterocycles. The van der Waals surface area contributed by atoms with Gasteiger partial charge in [-0.25, -0.2) is 4.79 Å². The Morgan fingerprint density at radius 1 is 0.403 bits per heavy atom. The number of likely N-dealkylation sites (N-methyl/N-ethyl adjacent to an activating group) is 1. The van der Waals surface area contributed by atoms with Crippen molar-refractivity contribution in [3.05, 3.63) is 60.8 Å². The van der Waals surface area contributed by atoms with Crippen LogP contribution in [0.4, 0.5) is 0 Å². The summed E-state index contributed by atoms with van der Waals surface area (Å²) in [5.74, 6) is -2.05. The summed E-state index contributed by atoms with van der Waals surface area (Å²) in [6.07, 6.45) is 73.6. The monoisotopic (exact) mass is 1080 g/mol. The first kappa shape index (κ1) is 74.0. The van der Waals surface area contributed by atoms with Crippen molar-refractivity contribution in [2.45, 2.75) is 309 Å². The van der Waals surface area contributed by atoms with Crippen molar-refractivity contribution < 1.29 is 42.9 Å². The molecule has 2 atom stereocenters. The number of nitrogens with zero attached hydrogens (tertiary/aromatic N) is 1. The number of quaternary nitrogens is 1. The van der Waals surface area contributed by atoms with Crippen LogP contribution in [0.2, 0.25) is 0 Å². The molecule has 0 rings (SSSR count). The van der Waals surface area contributed by atoms with Gasteiger partial charge in [-0.3, -0.25) is 9.59 Å². The van der Waals surface area contributed by atoms with Gasteiger partial charge in [-0.2, -0.15) is 0 Å². The third kappa shape index (κ3) is 60.5. The van der Waals surface area contributed by atoms with E-state index in [9.17, 15) is 19.5 Å². The van der Waals surface area contributed by atoms with Gasteiger partial charge in [0.25, 0.3) is 6.29 Å². The number of carboxylic acid groups (broad SMARTS) is 1. The number of carbonyl (C=O) groups is 3. The Labute approximate surface area is 475 Å². The van der Waals surface area contributed by atoms with E-state index in [1.807, 2.05) is 21.1 Å². The summed E-state index contributed by atoms with van der Waals surface area (Å²) in [7, 11) is 5.96. The van der Waals surface area contributed by atoms with E-state index in [-0.39, 0.29) is 32.2 Å². The van der Waals surface area contributed by atoms with Crippen LogP contribution >= 0.6 is 0 Å². The maximum atomic E-state index is 12.8. The zero-order chi connectivity index (χ0) is 56.2. The topological polar surface area (TPSA) is 108 Å². The van der Waals surface area contributed by atoms with E-state index in [1.54, 1.807) is 0 Å². The van der Waals surface area contributed by atoms with E-state index in [0.717, 1.165) is 57.8 Å². The van der Waals surface area contributed by atoms with Crippen molar-refractivity contribution in [3.8, 4) is 0 Å². The Hall–Kier alpha value is -3.01. The first-order chi connectivity index (χ1) is 37.6. The van der Waals surface area contributed by atoms with Crippen LogP contribution in [0.15, 0.2) is 60.8 Å². The summed E-state index contributed by atoms with van der Waals surface area (Å²) in [6.45, 7) is 4.74. The van der Waals surface area contributed by atoms with E-state index >= 15 is 0 Å². The Morgan fingerprint density at radius 3 is 1.14 bits per heavy atom. The Balaban J connectivity index is 3.98. The number of hydrogen-bond acceptors (Lipinski definition) is 7. The molecule has 0 heterocycles. The van der Waals surface area contributed by atoms with Gasteiger partial charge in [-0.1, -0.05) is 267 Å². The smallest absolute Gasteiger partial charge is 0.361 e. The molecule has 448 valence electrons. The minimum Gasteiger partial charge on any atom is -0.477 e. The van der Waals surface area contributed by atoms with Gasteiger partial charge in [-0.15, -0.1) is 0 Å². The van der Waals surface area contributed by atoms with E-state index in [2.05, 4.69) is 74.6 Å². The zero-order valence-corrected chi connectivity index (χ0v) is 51.1. The predicted octanol–water partition coefficient (Wildman–Crippen LogP) is 19.6. The van der Waals surface area contributed by atoms with Gasteiger partial charge < -0.3 is 28.5 Å². The minimum atomic E-state index is -1.52. The number of aliphatic carboxylic acids is 1. The molecule has 1 N–H and O–H groups in total. The molecule has 0 aromatic heterocycles. The van der Waals surface area contributed by atoms with Gasteiger partial charge in [0.2, 0.25) is 0 Å². The van der Waals surface area contributed by atoms with Gasteiger partial charge in [0.05, 0.1) is 34.4 Å². The fourth-order valence-corrected chi connectivity index (χ4v) is 9.30. The van der Waals surface area contributed by atoms with Crippen LogP contribution in [0, 0.1) is 0 Å². The molecule has 0 aliphatic carbocycles. The van der Waals surface area contributed by atoms with Crippen molar-refractivity contribution in [1.29, 1.82) is 0 Å². The van der Waals surface area contributed by atoms with Crippen molar-refractivity contribution >= 4 is 17.9 Å². The van der Waals surface area contributed by atoms with Crippen molar-refractivity contribution in [2.75, 3.05) is 47.5 Å². The molecule has 9 heteroatoms. The first-order valence-corrected chi connectivity index (χ1v) is 32.5. The molecule has 0 spiro atoms. The van der Waals surface area contributed by atoms with Crippen molar-refractivity contribution in [1.82, 2.24) is 0 Å². The molecule has 0 radical (unpaired) electrons. The highest BCUT2D eigenvalue weighted by Gasteiger charge is 2.25. The molecule has 0 aliphatic heterocycles. The quantitative estimate of drug-likeness (QED) is 0.0211. The molecule has 77 heavy (non-hydrogen) atoms. The Bertz CT molecular complexity index is 1450. The summed E-state index contributed by atoms with van der Waals surface area (Å²) in [5.41, 5.74) is 0. The summed E-state index contributed by atoms with van der Waals surface area (Å²) in [6, 6.07) is 0. The van der Waals surface area contributed by atoms with E-state index in [1.165, 1.54) is 205 Å². The minimum absolute atomic E-state index is 0.179. The molecule has 2 unspecified atom stereocenters. The molecule has 0 amide bonds. The number of allylic oxidation sites excluding steroid dienone is 10. The predicted molar refractivity (Wildman–Crippen MR) is 327 cm³/mol. The molecule has 0 aromatic carbocycles. The Morgan fingerprint density at radius 2 is 0.740 bits per heavy atom. The van der Waals surface area contributed by atoms with Crippen LogP contribution in [0.1, 0.15) is 296 Å².